The van der Waals surface area contributed by atoms with Crippen LogP contribution in [0.5, 0.6) is 0 Å². The number of anilines is 2. The summed E-state index contributed by atoms with van der Waals surface area (Å²) in [5.74, 6) is 0.698. The molecule has 0 fully saturated rings. The summed E-state index contributed by atoms with van der Waals surface area (Å²) in [5.41, 5.74) is 7.20. The Balaban J connectivity index is 2.27. The number of hydrogen-bond acceptors (Lipinski definition) is 6. The lowest BCUT2D eigenvalue weighted by atomic mass is 10.2. The van der Waals surface area contributed by atoms with Gasteiger partial charge < -0.3 is 15.4 Å². The highest BCUT2D eigenvalue weighted by Gasteiger charge is 2.24. The first-order chi connectivity index (χ1) is 14.2. The normalized spacial score (nSPS) is 11.1. The Morgan fingerprint density at radius 3 is 2.70 bits per heavy atom. The molecular formula is C21H30N4O4S. The van der Waals surface area contributed by atoms with Gasteiger partial charge in [-0.1, -0.05) is 43.7 Å². The van der Waals surface area contributed by atoms with E-state index in [9.17, 15) is 14.4 Å². The molecule has 30 heavy (non-hydrogen) atoms. The molecule has 0 aliphatic carbocycles. The van der Waals surface area contributed by atoms with Gasteiger partial charge in [-0.25, -0.2) is 4.79 Å². The lowest BCUT2D eigenvalue weighted by Gasteiger charge is -2.24. The van der Waals surface area contributed by atoms with E-state index >= 15 is 0 Å². The summed E-state index contributed by atoms with van der Waals surface area (Å²) in [6.07, 6.45) is 0. The third kappa shape index (κ3) is 6.24. The average molecular weight is 435 g/mol. The molecule has 1 heterocycles. The molecule has 8 nitrogen and oxygen atoms in total. The molecule has 0 atom stereocenters. The number of benzene rings is 1. The molecule has 1 amide bonds. The quantitative estimate of drug-likeness (QED) is 0.592. The number of hydrogen-bond donors (Lipinski definition) is 2. The van der Waals surface area contributed by atoms with Crippen molar-refractivity contribution in [3.05, 3.63) is 56.2 Å². The molecule has 1 aromatic carbocycles. The number of nitrogens with one attached hydrogen (secondary N) is 1. The van der Waals surface area contributed by atoms with Crippen molar-refractivity contribution >= 4 is 29.2 Å². The van der Waals surface area contributed by atoms with E-state index in [2.05, 4.69) is 11.1 Å². The second kappa shape index (κ2) is 11.0. The van der Waals surface area contributed by atoms with Gasteiger partial charge in [-0.2, -0.15) is 0 Å². The van der Waals surface area contributed by atoms with Crippen LogP contribution in [0.25, 0.3) is 0 Å². The smallest absolute Gasteiger partial charge is 0.330 e. The van der Waals surface area contributed by atoms with Crippen LogP contribution in [-0.2, 0) is 21.8 Å². The van der Waals surface area contributed by atoms with Crippen LogP contribution in [0.4, 0.5) is 11.5 Å². The molecule has 1 aromatic heterocycles. The molecule has 0 bridgehead atoms. The highest BCUT2D eigenvalue weighted by Crippen LogP contribution is 2.20. The Labute approximate surface area is 180 Å². The number of aromatic nitrogens is 2. The number of thioether (sulfide) groups is 1. The maximum absolute atomic E-state index is 13.0. The summed E-state index contributed by atoms with van der Waals surface area (Å²) >= 11 is 1.46. The number of rotatable bonds is 10. The van der Waals surface area contributed by atoms with Crippen molar-refractivity contribution in [2.45, 2.75) is 33.1 Å². The Bertz CT molecular complexity index is 984. The third-order valence-electron chi connectivity index (χ3n) is 4.43. The first-order valence-corrected chi connectivity index (χ1v) is 10.9. The van der Waals surface area contributed by atoms with E-state index in [1.54, 1.807) is 0 Å². The van der Waals surface area contributed by atoms with E-state index < -0.39 is 11.2 Å². The van der Waals surface area contributed by atoms with E-state index in [1.807, 2.05) is 39.0 Å². The van der Waals surface area contributed by atoms with Crippen LogP contribution >= 0.6 is 11.8 Å². The maximum Gasteiger partial charge on any atom is 0.330 e. The van der Waals surface area contributed by atoms with Crippen LogP contribution < -0.4 is 21.9 Å². The lowest BCUT2D eigenvalue weighted by molar-refractivity contribution is -0.116. The lowest BCUT2D eigenvalue weighted by Crippen LogP contribution is -2.43. The number of nitrogen functional groups attached to an aromatic ring is 1. The van der Waals surface area contributed by atoms with Crippen LogP contribution in [0.15, 0.2) is 33.9 Å². The van der Waals surface area contributed by atoms with Crippen LogP contribution in [0.1, 0.15) is 25.0 Å². The van der Waals surface area contributed by atoms with Gasteiger partial charge in [0.15, 0.2) is 5.69 Å². The zero-order valence-electron chi connectivity index (χ0n) is 17.9. The van der Waals surface area contributed by atoms with Crippen molar-refractivity contribution in [1.29, 1.82) is 0 Å². The van der Waals surface area contributed by atoms with Gasteiger partial charge in [0.2, 0.25) is 5.91 Å². The molecule has 164 valence electrons. The summed E-state index contributed by atoms with van der Waals surface area (Å²) in [5, 5.41) is 0. The fraction of sp³-hybridized carbons (Fsp3) is 0.476. The number of nitrogens with zero attached hydrogens (tertiary/aromatic N) is 2. The van der Waals surface area contributed by atoms with Crippen LogP contribution in [0.3, 0.4) is 0 Å². The van der Waals surface area contributed by atoms with Crippen molar-refractivity contribution in [2.24, 2.45) is 5.92 Å². The number of aromatic amines is 1. The molecule has 0 unspecified atom stereocenters. The molecule has 0 aliphatic rings. The summed E-state index contributed by atoms with van der Waals surface area (Å²) in [4.78, 5) is 41.3. The number of H-pyrrole nitrogens is 1. The highest BCUT2D eigenvalue weighted by molar-refractivity contribution is 7.99. The second-order valence-corrected chi connectivity index (χ2v) is 8.50. The van der Waals surface area contributed by atoms with Crippen LogP contribution in [-0.4, -0.2) is 41.5 Å². The Kier molecular flexibility index (Phi) is 8.73. The van der Waals surface area contributed by atoms with E-state index in [1.165, 1.54) is 28.3 Å². The molecule has 2 rings (SSSR count). The minimum Gasteiger partial charge on any atom is -0.383 e. The van der Waals surface area contributed by atoms with Gasteiger partial charge >= 0.3 is 5.69 Å². The standard InChI is InChI=1S/C21H30N4O4S/c1-14(2)11-25-19(22)18(20(27)23-21(25)28)24(8-9-29-4)17(26)13-30-12-16-7-5-6-15(3)10-16/h5-7,10,14H,8-9,11-13,22H2,1-4H3,(H,23,27,28). The summed E-state index contributed by atoms with van der Waals surface area (Å²) in [6, 6.07) is 8.09. The number of carbonyl (C=O) groups excluding carboxylic acids is 1. The molecule has 0 radical (unpaired) electrons. The van der Waals surface area contributed by atoms with Gasteiger partial charge in [0.25, 0.3) is 5.56 Å². The molecule has 0 spiro atoms. The summed E-state index contributed by atoms with van der Waals surface area (Å²) in [7, 11) is 1.52. The number of aryl methyl sites for hydroxylation is 1. The average Bonchev–Trinajstić information content (AvgIpc) is 2.67. The van der Waals surface area contributed by atoms with Crippen LogP contribution in [0.2, 0.25) is 0 Å². The third-order valence-corrected chi connectivity index (χ3v) is 5.42. The first kappa shape index (κ1) is 23.8. The largest absolute Gasteiger partial charge is 0.383 e. The van der Waals surface area contributed by atoms with Crippen molar-refractivity contribution in [2.75, 3.05) is 36.6 Å². The topological polar surface area (TPSA) is 110 Å². The molecule has 9 heteroatoms. The van der Waals surface area contributed by atoms with Gasteiger partial charge in [0, 0.05) is 26.0 Å². The number of methoxy groups -OCH3 is 1. The van der Waals surface area contributed by atoms with Gasteiger partial charge in [-0.3, -0.25) is 19.1 Å². The number of ether oxygens (including phenoxy) is 1. The number of amides is 1. The van der Waals surface area contributed by atoms with Crippen molar-refractivity contribution in [3.8, 4) is 0 Å². The van der Waals surface area contributed by atoms with E-state index in [0.717, 1.165) is 11.1 Å². The van der Waals surface area contributed by atoms with Crippen molar-refractivity contribution < 1.29 is 9.53 Å². The predicted molar refractivity (Wildman–Crippen MR) is 122 cm³/mol. The number of nitrogens with two attached hydrogens (primary N) is 1. The molecular weight excluding hydrogens is 404 g/mol. The summed E-state index contributed by atoms with van der Waals surface area (Å²) in [6.45, 7) is 6.62. The Hall–Kier alpha value is -2.52. The molecule has 0 saturated heterocycles. The Morgan fingerprint density at radius 2 is 2.07 bits per heavy atom. The molecule has 0 saturated carbocycles. The first-order valence-electron chi connectivity index (χ1n) is 9.79. The minimum absolute atomic E-state index is 0.00606. The van der Waals surface area contributed by atoms with Gasteiger partial charge in [-0.05, 0) is 18.4 Å². The van der Waals surface area contributed by atoms with Gasteiger partial charge in [0.1, 0.15) is 5.82 Å². The molecule has 3 N–H and O–H groups in total. The fourth-order valence-corrected chi connectivity index (χ4v) is 3.91. The van der Waals surface area contributed by atoms with Crippen molar-refractivity contribution in [3.63, 3.8) is 0 Å². The van der Waals surface area contributed by atoms with Gasteiger partial charge in [-0.15, -0.1) is 11.8 Å². The Morgan fingerprint density at radius 1 is 1.33 bits per heavy atom. The predicted octanol–water partition coefficient (Wildman–Crippen LogP) is 2.00. The zero-order valence-corrected chi connectivity index (χ0v) is 18.8. The van der Waals surface area contributed by atoms with E-state index in [0.29, 0.717) is 12.3 Å². The summed E-state index contributed by atoms with van der Waals surface area (Å²) < 4.78 is 6.41. The molecule has 2 aromatic rings. The monoisotopic (exact) mass is 434 g/mol. The molecule has 0 aliphatic heterocycles. The maximum atomic E-state index is 13.0. The fourth-order valence-electron chi connectivity index (χ4n) is 3.06. The minimum atomic E-state index is -0.675. The zero-order chi connectivity index (χ0) is 22.3. The van der Waals surface area contributed by atoms with Crippen LogP contribution in [0, 0.1) is 12.8 Å². The highest BCUT2D eigenvalue weighted by atomic mass is 32.2. The van der Waals surface area contributed by atoms with E-state index in [4.69, 9.17) is 10.5 Å². The SMILES string of the molecule is COCCN(C(=O)CSCc1cccc(C)c1)c1c(N)n(CC(C)C)c(=O)[nH]c1=O. The van der Waals surface area contributed by atoms with Crippen molar-refractivity contribution in [1.82, 2.24) is 9.55 Å². The van der Waals surface area contributed by atoms with Gasteiger partial charge in [0.05, 0.1) is 12.4 Å². The number of carbonyl (C=O) groups is 1. The second-order valence-electron chi connectivity index (χ2n) is 7.52. The van der Waals surface area contributed by atoms with E-state index in [-0.39, 0.29) is 42.2 Å².